The van der Waals surface area contributed by atoms with E-state index in [0.717, 1.165) is 56.5 Å². The van der Waals surface area contributed by atoms with Gasteiger partial charge < -0.3 is 19.2 Å². The lowest BCUT2D eigenvalue weighted by atomic mass is 9.94. The fraction of sp³-hybridized carbons (Fsp3) is 0.379. The highest BCUT2D eigenvalue weighted by atomic mass is 35.5. The number of hydrogen-bond acceptors (Lipinski definition) is 5. The second-order valence-corrected chi connectivity index (χ2v) is 11.4. The fourth-order valence-corrected chi connectivity index (χ4v) is 5.69. The number of imidazole rings is 1. The average Bonchev–Trinajstić information content (AvgIpc) is 3.46. The maximum absolute atomic E-state index is 13.1. The Bertz CT molecular complexity index is 1520. The molecule has 0 aliphatic carbocycles. The number of hydrogen-bond donors (Lipinski definition) is 1. The maximum Gasteiger partial charge on any atom is 0.410 e. The maximum atomic E-state index is 13.1. The molecule has 1 fully saturated rings. The second-order valence-electron chi connectivity index (χ2n) is 10.9. The van der Waals surface area contributed by atoms with Crippen LogP contribution in [0, 0.1) is 5.92 Å². The SMILES string of the molecule is COC[C@H]1C[C@@H](c2nc3c(ccc4cc5c(cc43)OCc3cc(Cl)ccc3-5)[nH]2)N(C(=O)OC(C)(C)C)C1. The molecule has 1 saturated heterocycles. The quantitative estimate of drug-likeness (QED) is 0.319. The molecule has 192 valence electrons. The van der Waals surface area contributed by atoms with E-state index in [0.29, 0.717) is 24.8 Å². The minimum Gasteiger partial charge on any atom is -0.488 e. The monoisotopic (exact) mass is 519 g/mol. The van der Waals surface area contributed by atoms with Crippen LogP contribution in [0.1, 0.15) is 44.6 Å². The van der Waals surface area contributed by atoms with E-state index in [-0.39, 0.29) is 18.1 Å². The van der Waals surface area contributed by atoms with Crippen LogP contribution in [0.5, 0.6) is 5.75 Å². The van der Waals surface area contributed by atoms with Gasteiger partial charge in [0.15, 0.2) is 0 Å². The number of nitrogens with zero attached hydrogens (tertiary/aromatic N) is 2. The van der Waals surface area contributed by atoms with Gasteiger partial charge in [-0.25, -0.2) is 9.78 Å². The van der Waals surface area contributed by atoms with E-state index in [2.05, 4.69) is 29.2 Å². The Morgan fingerprint density at radius 3 is 2.81 bits per heavy atom. The van der Waals surface area contributed by atoms with Crippen LogP contribution >= 0.6 is 11.6 Å². The predicted molar refractivity (Wildman–Crippen MR) is 144 cm³/mol. The lowest BCUT2D eigenvalue weighted by Crippen LogP contribution is -2.37. The van der Waals surface area contributed by atoms with Gasteiger partial charge in [-0.1, -0.05) is 23.7 Å². The minimum atomic E-state index is -0.575. The first-order valence-electron chi connectivity index (χ1n) is 12.6. The van der Waals surface area contributed by atoms with Gasteiger partial charge in [-0.3, -0.25) is 4.90 Å². The first-order valence-corrected chi connectivity index (χ1v) is 12.9. The van der Waals surface area contributed by atoms with Gasteiger partial charge in [-0.05, 0) is 74.0 Å². The van der Waals surface area contributed by atoms with Crippen molar-refractivity contribution in [1.29, 1.82) is 0 Å². The molecule has 8 heteroatoms. The number of benzene rings is 3. The third kappa shape index (κ3) is 4.40. The number of likely N-dealkylation sites (tertiary alicyclic amines) is 1. The summed E-state index contributed by atoms with van der Waals surface area (Å²) in [6, 6.07) is 14.1. The Morgan fingerprint density at radius 1 is 1.19 bits per heavy atom. The first kappa shape index (κ1) is 24.1. The second kappa shape index (κ2) is 8.92. The Morgan fingerprint density at radius 2 is 2.03 bits per heavy atom. The number of carbonyl (C=O) groups excluding carboxylic acids is 1. The zero-order chi connectivity index (χ0) is 25.9. The molecule has 0 saturated carbocycles. The Labute approximate surface area is 220 Å². The molecule has 37 heavy (non-hydrogen) atoms. The van der Waals surface area contributed by atoms with Crippen LogP contribution in [0.4, 0.5) is 4.79 Å². The van der Waals surface area contributed by atoms with Crippen LogP contribution in [0.15, 0.2) is 42.5 Å². The van der Waals surface area contributed by atoms with Crippen molar-refractivity contribution in [2.24, 2.45) is 5.92 Å². The van der Waals surface area contributed by atoms with E-state index in [1.54, 1.807) is 12.0 Å². The molecule has 2 aliphatic heterocycles. The van der Waals surface area contributed by atoms with Gasteiger partial charge in [0.1, 0.15) is 23.8 Å². The summed E-state index contributed by atoms with van der Waals surface area (Å²) in [5.41, 5.74) is 4.48. The molecule has 0 bridgehead atoms. The molecule has 1 aromatic heterocycles. The van der Waals surface area contributed by atoms with E-state index >= 15 is 0 Å². The van der Waals surface area contributed by atoms with Crippen molar-refractivity contribution in [3.05, 3.63) is 58.9 Å². The van der Waals surface area contributed by atoms with Gasteiger partial charge in [0.05, 0.1) is 23.7 Å². The molecule has 3 heterocycles. The van der Waals surface area contributed by atoms with Crippen LogP contribution in [-0.4, -0.2) is 46.8 Å². The van der Waals surface area contributed by atoms with Crippen molar-refractivity contribution in [1.82, 2.24) is 14.9 Å². The predicted octanol–water partition coefficient (Wildman–Crippen LogP) is 6.87. The number of nitrogens with one attached hydrogen (secondary N) is 1. The minimum absolute atomic E-state index is 0.210. The molecule has 7 nitrogen and oxygen atoms in total. The van der Waals surface area contributed by atoms with Gasteiger partial charge in [0.2, 0.25) is 0 Å². The van der Waals surface area contributed by atoms with E-state index < -0.39 is 5.60 Å². The summed E-state index contributed by atoms with van der Waals surface area (Å²) in [4.78, 5) is 23.4. The summed E-state index contributed by atoms with van der Waals surface area (Å²) in [6.45, 7) is 7.26. The topological polar surface area (TPSA) is 76.7 Å². The van der Waals surface area contributed by atoms with Crippen molar-refractivity contribution in [3.63, 3.8) is 0 Å². The smallest absolute Gasteiger partial charge is 0.410 e. The molecule has 0 unspecified atom stereocenters. The molecule has 1 N–H and O–H groups in total. The van der Waals surface area contributed by atoms with Gasteiger partial charge in [-0.2, -0.15) is 0 Å². The van der Waals surface area contributed by atoms with Crippen molar-refractivity contribution in [2.75, 3.05) is 20.3 Å². The van der Waals surface area contributed by atoms with Gasteiger partial charge in [0.25, 0.3) is 0 Å². The van der Waals surface area contributed by atoms with E-state index in [4.69, 9.17) is 30.8 Å². The summed E-state index contributed by atoms with van der Waals surface area (Å²) in [5.74, 6) is 1.79. The van der Waals surface area contributed by atoms with Gasteiger partial charge in [-0.15, -0.1) is 0 Å². The molecule has 0 spiro atoms. The summed E-state index contributed by atoms with van der Waals surface area (Å²) < 4.78 is 17.3. The zero-order valence-corrected chi connectivity index (χ0v) is 22.2. The highest BCUT2D eigenvalue weighted by Crippen LogP contribution is 2.43. The lowest BCUT2D eigenvalue weighted by Gasteiger charge is -2.27. The van der Waals surface area contributed by atoms with Crippen LogP contribution in [0.3, 0.4) is 0 Å². The number of methoxy groups -OCH3 is 1. The molecule has 6 rings (SSSR count). The van der Waals surface area contributed by atoms with Crippen molar-refractivity contribution in [3.8, 4) is 16.9 Å². The highest BCUT2D eigenvalue weighted by molar-refractivity contribution is 6.30. The molecule has 0 radical (unpaired) electrons. The molecular weight excluding hydrogens is 490 g/mol. The Balaban J connectivity index is 1.41. The summed E-state index contributed by atoms with van der Waals surface area (Å²) in [7, 11) is 1.69. The number of ether oxygens (including phenoxy) is 3. The third-order valence-electron chi connectivity index (χ3n) is 7.06. The molecule has 2 atom stereocenters. The molecular formula is C29H30ClN3O4. The molecule has 2 aliphatic rings. The number of halogens is 1. The van der Waals surface area contributed by atoms with E-state index in [9.17, 15) is 4.79 Å². The first-order chi connectivity index (χ1) is 17.7. The fourth-order valence-electron chi connectivity index (χ4n) is 5.49. The number of carbonyl (C=O) groups is 1. The van der Waals surface area contributed by atoms with Crippen molar-refractivity contribution < 1.29 is 19.0 Å². The van der Waals surface area contributed by atoms with Gasteiger partial charge in [0, 0.05) is 35.5 Å². The standard InChI is InChI=1S/C29H30ClN3O4/c1-29(2,3)37-28(34)33-13-16(14-35-4)9-24(33)27-31-23-8-5-17-11-22-20-7-6-19(30)10-18(20)15-36-25(22)12-21(17)26(23)32-27/h5-8,10-12,16,24H,9,13-15H2,1-4H3,(H,31,32)/t16-,24-/m0/s1. The van der Waals surface area contributed by atoms with E-state index in [1.807, 2.05) is 39.0 Å². The molecule has 4 aromatic rings. The number of aromatic amines is 1. The number of fused-ring (bicyclic) bond motifs is 6. The Hall–Kier alpha value is -3.29. The summed E-state index contributed by atoms with van der Waals surface area (Å²) in [5, 5.41) is 2.78. The summed E-state index contributed by atoms with van der Waals surface area (Å²) >= 11 is 6.20. The van der Waals surface area contributed by atoms with Crippen LogP contribution < -0.4 is 4.74 Å². The highest BCUT2D eigenvalue weighted by Gasteiger charge is 2.40. The molecule has 1 amide bonds. The van der Waals surface area contributed by atoms with Crippen LogP contribution in [-0.2, 0) is 16.1 Å². The molecule has 3 aromatic carbocycles. The third-order valence-corrected chi connectivity index (χ3v) is 7.30. The summed E-state index contributed by atoms with van der Waals surface area (Å²) in [6.07, 6.45) is 0.422. The van der Waals surface area contributed by atoms with Gasteiger partial charge >= 0.3 is 6.09 Å². The normalized spacial score (nSPS) is 19.1. The largest absolute Gasteiger partial charge is 0.488 e. The van der Waals surface area contributed by atoms with Crippen LogP contribution in [0.2, 0.25) is 5.02 Å². The van der Waals surface area contributed by atoms with Crippen LogP contribution in [0.25, 0.3) is 32.9 Å². The van der Waals surface area contributed by atoms with Crippen molar-refractivity contribution in [2.45, 2.75) is 45.4 Å². The number of rotatable bonds is 3. The number of amides is 1. The average molecular weight is 520 g/mol. The number of H-pyrrole nitrogens is 1. The zero-order valence-electron chi connectivity index (χ0n) is 21.4. The lowest BCUT2D eigenvalue weighted by molar-refractivity contribution is 0.0209. The number of aromatic nitrogens is 2. The Kier molecular flexibility index (Phi) is 5.81. The van der Waals surface area contributed by atoms with E-state index in [1.165, 1.54) is 0 Å². The van der Waals surface area contributed by atoms with Crippen molar-refractivity contribution >= 4 is 39.5 Å².